The Kier molecular flexibility index (Phi) is 9.23. The van der Waals surface area contributed by atoms with Gasteiger partial charge in [-0.1, -0.05) is 30.1 Å². The Bertz CT molecular complexity index is 801. The molecule has 0 saturated heterocycles. The van der Waals surface area contributed by atoms with Crippen molar-refractivity contribution in [3.8, 4) is 11.8 Å². The number of benzene rings is 1. The van der Waals surface area contributed by atoms with Crippen molar-refractivity contribution >= 4 is 17.5 Å². The predicted octanol–water partition coefficient (Wildman–Crippen LogP) is 1.30. The lowest BCUT2D eigenvalue weighted by atomic mass is 9.96. The Labute approximate surface area is 164 Å². The molecule has 3 unspecified atom stereocenters. The first kappa shape index (κ1) is 22.7. The number of allylic oxidation sites excluding steroid dienone is 2. The summed E-state index contributed by atoms with van der Waals surface area (Å²) >= 11 is 0. The minimum absolute atomic E-state index is 0.0302. The van der Waals surface area contributed by atoms with E-state index >= 15 is 0 Å². The normalized spacial score (nSPS) is 16.8. The van der Waals surface area contributed by atoms with E-state index in [2.05, 4.69) is 30.3 Å². The minimum Gasteiger partial charge on any atom is -0.399 e. The number of nitrogen functional groups attached to an aromatic ring is 1. The van der Waals surface area contributed by atoms with Gasteiger partial charge in [0.25, 0.3) is 11.8 Å². The molecule has 0 spiro atoms. The molecule has 0 aliphatic heterocycles. The van der Waals surface area contributed by atoms with Crippen LogP contribution in [0.4, 0.5) is 5.69 Å². The molecule has 3 atom stereocenters. The van der Waals surface area contributed by atoms with Crippen LogP contribution >= 0.6 is 0 Å². The van der Waals surface area contributed by atoms with Crippen LogP contribution in [0.1, 0.15) is 18.9 Å². The Morgan fingerprint density at radius 2 is 1.93 bits per heavy atom. The molecule has 1 aromatic carbocycles. The summed E-state index contributed by atoms with van der Waals surface area (Å²) in [7, 11) is 0. The molecule has 0 bridgehead atoms. The number of rotatable bonds is 4. The number of hydrogen-bond acceptors (Lipinski definition) is 5. The van der Waals surface area contributed by atoms with Crippen LogP contribution in [-0.2, 0) is 9.59 Å². The number of hydrogen-bond donors (Lipinski definition) is 5. The van der Waals surface area contributed by atoms with Crippen LogP contribution in [0.25, 0.3) is 0 Å². The van der Waals surface area contributed by atoms with E-state index in [1.807, 2.05) is 18.2 Å². The summed E-state index contributed by atoms with van der Waals surface area (Å²) in [6, 6.07) is 6.00. The van der Waals surface area contributed by atoms with Gasteiger partial charge in [-0.3, -0.25) is 14.8 Å². The number of nitrogens with two attached hydrogens (primary N) is 1. The molecule has 0 radical (unpaired) electrons. The molecular weight excluding hydrogens is 358 g/mol. The molecule has 1 aliphatic rings. The van der Waals surface area contributed by atoms with Crippen molar-refractivity contribution < 1.29 is 19.9 Å². The third kappa shape index (κ3) is 6.76. The molecule has 6 N–H and O–H groups in total. The fourth-order valence-electron chi connectivity index (χ4n) is 2.34. The Morgan fingerprint density at radius 3 is 2.43 bits per heavy atom. The number of anilines is 1. The maximum Gasteiger partial charge on any atom is 0.268 e. The molecule has 0 saturated carbocycles. The number of aliphatic hydroxyl groups is 1. The number of nitrogens with one attached hydrogen (secondary N) is 2. The van der Waals surface area contributed by atoms with Gasteiger partial charge in [0.1, 0.15) is 6.04 Å². The first-order chi connectivity index (χ1) is 13.4. The van der Waals surface area contributed by atoms with Crippen molar-refractivity contribution in [3.05, 3.63) is 66.8 Å². The second-order valence-electron chi connectivity index (χ2n) is 5.92. The Hall–Kier alpha value is -3.34. The van der Waals surface area contributed by atoms with Gasteiger partial charge >= 0.3 is 0 Å². The van der Waals surface area contributed by atoms with E-state index in [1.54, 1.807) is 24.3 Å². The number of carbonyl (C=O) groups is 2. The summed E-state index contributed by atoms with van der Waals surface area (Å²) in [6.07, 6.45) is 4.54. The summed E-state index contributed by atoms with van der Waals surface area (Å²) in [5.74, 6) is 4.74. The lowest BCUT2D eigenvalue weighted by molar-refractivity contribution is -0.136. The lowest BCUT2D eigenvalue weighted by Crippen LogP contribution is -2.52. The summed E-state index contributed by atoms with van der Waals surface area (Å²) < 4.78 is 0. The third-order valence-electron chi connectivity index (χ3n) is 3.84. The number of hydroxylamine groups is 1. The monoisotopic (exact) mass is 383 g/mol. The van der Waals surface area contributed by atoms with E-state index in [1.165, 1.54) is 12.4 Å². The molecule has 148 valence electrons. The predicted molar refractivity (Wildman–Crippen MR) is 108 cm³/mol. The summed E-state index contributed by atoms with van der Waals surface area (Å²) in [5.41, 5.74) is 8.95. The maximum atomic E-state index is 12.2. The lowest BCUT2D eigenvalue weighted by Gasteiger charge is -2.20. The quantitative estimate of drug-likeness (QED) is 0.176. The van der Waals surface area contributed by atoms with Crippen molar-refractivity contribution in [2.45, 2.75) is 25.5 Å². The van der Waals surface area contributed by atoms with Gasteiger partial charge in [0.05, 0.1) is 6.10 Å². The van der Waals surface area contributed by atoms with Gasteiger partial charge in [-0.05, 0) is 37.6 Å². The van der Waals surface area contributed by atoms with Crippen LogP contribution < -0.4 is 16.5 Å². The minimum atomic E-state index is -1.25. The van der Waals surface area contributed by atoms with E-state index in [9.17, 15) is 14.7 Å². The molecule has 0 heterocycles. The van der Waals surface area contributed by atoms with Crippen LogP contribution in [-0.4, -0.2) is 34.3 Å². The van der Waals surface area contributed by atoms with E-state index < -0.39 is 24.0 Å². The molecule has 28 heavy (non-hydrogen) atoms. The van der Waals surface area contributed by atoms with Crippen LogP contribution in [0.5, 0.6) is 0 Å². The molecule has 1 aliphatic carbocycles. The van der Waals surface area contributed by atoms with Crippen LogP contribution in [0.2, 0.25) is 0 Å². The van der Waals surface area contributed by atoms with Crippen LogP contribution in [0.3, 0.4) is 0 Å². The second-order valence-corrected chi connectivity index (χ2v) is 5.92. The summed E-state index contributed by atoms with van der Waals surface area (Å²) in [4.78, 5) is 23.7. The van der Waals surface area contributed by atoms with Crippen molar-refractivity contribution in [3.63, 3.8) is 0 Å². The van der Waals surface area contributed by atoms with Crippen molar-refractivity contribution in [1.82, 2.24) is 10.8 Å². The smallest absolute Gasteiger partial charge is 0.268 e. The van der Waals surface area contributed by atoms with Gasteiger partial charge in [-0.2, -0.15) is 0 Å². The standard InChI is InChI=1S/C19H21N3O4.C2H4/c1-12(23)17(19(25)22-26)21-18(24)15-8-4-13(5-9-15)2-3-14-6-10-16(20)11-7-14;1-2/h4,6-13,17,23,26H,5,20H2,1H3,(H,21,24)(H,22,25);1-2H2. The highest BCUT2D eigenvalue weighted by atomic mass is 16.5. The zero-order valence-corrected chi connectivity index (χ0v) is 15.7. The highest BCUT2D eigenvalue weighted by Gasteiger charge is 2.26. The molecule has 2 rings (SSSR count). The summed E-state index contributed by atoms with van der Waals surface area (Å²) in [6.45, 7) is 7.34. The molecule has 7 heteroatoms. The third-order valence-corrected chi connectivity index (χ3v) is 3.84. The SMILES string of the molecule is C=C.CC(O)C(NC(=O)C1=CCC(C#Cc2ccc(N)cc2)C=C1)C(=O)NO. The number of amides is 2. The number of aliphatic hydroxyl groups excluding tert-OH is 1. The number of carbonyl (C=O) groups excluding carboxylic acids is 2. The molecule has 0 fully saturated rings. The molecular formula is C21H25N3O4. The molecule has 2 amide bonds. The topological polar surface area (TPSA) is 125 Å². The average molecular weight is 383 g/mol. The first-order valence-corrected chi connectivity index (χ1v) is 8.59. The van der Waals surface area contributed by atoms with Gasteiger partial charge < -0.3 is 16.2 Å². The highest BCUT2D eigenvalue weighted by molar-refractivity contribution is 5.99. The van der Waals surface area contributed by atoms with Gasteiger partial charge in [0.15, 0.2) is 0 Å². The Balaban J connectivity index is 0.00000190. The zero-order valence-electron chi connectivity index (χ0n) is 15.7. The summed E-state index contributed by atoms with van der Waals surface area (Å²) in [5, 5.41) is 20.6. The van der Waals surface area contributed by atoms with E-state index in [0.717, 1.165) is 5.56 Å². The van der Waals surface area contributed by atoms with Gasteiger partial charge in [-0.25, -0.2) is 5.48 Å². The van der Waals surface area contributed by atoms with Gasteiger partial charge in [0.2, 0.25) is 0 Å². The molecule has 7 nitrogen and oxygen atoms in total. The van der Waals surface area contributed by atoms with Crippen molar-refractivity contribution in [2.24, 2.45) is 5.92 Å². The zero-order chi connectivity index (χ0) is 21.1. The van der Waals surface area contributed by atoms with Gasteiger partial charge in [0, 0.05) is 22.7 Å². The Morgan fingerprint density at radius 1 is 1.29 bits per heavy atom. The highest BCUT2D eigenvalue weighted by Crippen LogP contribution is 2.16. The van der Waals surface area contributed by atoms with E-state index in [0.29, 0.717) is 17.7 Å². The van der Waals surface area contributed by atoms with Crippen molar-refractivity contribution in [1.29, 1.82) is 0 Å². The van der Waals surface area contributed by atoms with E-state index in [-0.39, 0.29) is 5.92 Å². The van der Waals surface area contributed by atoms with E-state index in [4.69, 9.17) is 10.9 Å². The van der Waals surface area contributed by atoms with Gasteiger partial charge in [-0.15, -0.1) is 13.2 Å². The molecule has 0 aromatic heterocycles. The van der Waals surface area contributed by atoms with Crippen LogP contribution in [0.15, 0.2) is 61.2 Å². The molecule has 1 aromatic rings. The van der Waals surface area contributed by atoms with Crippen LogP contribution in [0, 0.1) is 17.8 Å². The first-order valence-electron chi connectivity index (χ1n) is 8.59. The average Bonchev–Trinajstić information content (AvgIpc) is 2.72. The largest absolute Gasteiger partial charge is 0.399 e. The fourth-order valence-corrected chi connectivity index (χ4v) is 2.34. The maximum absolute atomic E-state index is 12.2. The fraction of sp³-hybridized carbons (Fsp3) is 0.238. The van der Waals surface area contributed by atoms with Crippen molar-refractivity contribution in [2.75, 3.05) is 5.73 Å². The second kappa shape index (κ2) is 11.4.